The van der Waals surface area contributed by atoms with Crippen LogP contribution in [0.4, 0.5) is 0 Å². The molecule has 1 saturated heterocycles. The summed E-state index contributed by atoms with van der Waals surface area (Å²) in [6.07, 6.45) is 0. The second kappa shape index (κ2) is 11.1. The second-order valence-electron chi connectivity index (χ2n) is 10.5. The number of phenols is 2. The standard InChI is InChI=1S/C32H28Cl2N2O6/c33-21-5-1-19(2-6-21)31(23-13-27-29(15-25(23)37)41-17-39-27)35-9-11-36(12-10-35)32(20-3-7-22(34)8-4-20)24-14-28-30(16-26(24)38)42-18-40-28/h1-8,13-16,31-32,37-38H,9-12,17-18H2. The molecule has 0 spiro atoms. The van der Waals surface area contributed by atoms with Crippen LogP contribution in [-0.2, 0) is 0 Å². The summed E-state index contributed by atoms with van der Waals surface area (Å²) in [6.45, 7) is 3.02. The molecule has 8 nitrogen and oxygen atoms in total. The highest BCUT2D eigenvalue weighted by Gasteiger charge is 2.34. The zero-order valence-corrected chi connectivity index (χ0v) is 24.0. The normalized spacial score (nSPS) is 17.8. The highest BCUT2D eigenvalue weighted by Crippen LogP contribution is 2.46. The van der Waals surface area contributed by atoms with Crippen LogP contribution < -0.4 is 18.9 Å². The van der Waals surface area contributed by atoms with Crippen molar-refractivity contribution in [2.75, 3.05) is 39.8 Å². The number of ether oxygens (including phenoxy) is 4. The van der Waals surface area contributed by atoms with Crippen molar-refractivity contribution in [1.29, 1.82) is 0 Å². The first-order valence-electron chi connectivity index (χ1n) is 13.7. The van der Waals surface area contributed by atoms with E-state index in [1.165, 1.54) is 0 Å². The van der Waals surface area contributed by atoms with Crippen molar-refractivity contribution < 1.29 is 29.2 Å². The Morgan fingerprint density at radius 2 is 0.857 bits per heavy atom. The zero-order valence-electron chi connectivity index (χ0n) is 22.5. The minimum absolute atomic E-state index is 0.126. The number of piperazine rings is 1. The van der Waals surface area contributed by atoms with Crippen LogP contribution >= 0.6 is 23.2 Å². The quantitative estimate of drug-likeness (QED) is 0.262. The van der Waals surface area contributed by atoms with Gasteiger partial charge in [-0.2, -0.15) is 0 Å². The molecule has 216 valence electrons. The molecule has 3 aliphatic rings. The molecule has 42 heavy (non-hydrogen) atoms. The molecule has 0 aliphatic carbocycles. The SMILES string of the molecule is Oc1cc2c(cc1C(c1ccc(Cl)cc1)N1CCN(C(c3ccc(Cl)cc3)c3cc4c(cc3O)OCO4)CC1)OCO2. The summed E-state index contributed by atoms with van der Waals surface area (Å²) >= 11 is 12.5. The number of hydrogen-bond acceptors (Lipinski definition) is 8. The molecule has 4 aromatic rings. The van der Waals surface area contributed by atoms with Gasteiger partial charge in [0.05, 0.1) is 12.1 Å². The maximum absolute atomic E-state index is 11.1. The average Bonchev–Trinajstić information content (AvgIpc) is 3.65. The van der Waals surface area contributed by atoms with Crippen LogP contribution in [0.2, 0.25) is 10.0 Å². The van der Waals surface area contributed by atoms with Crippen molar-refractivity contribution in [1.82, 2.24) is 9.80 Å². The van der Waals surface area contributed by atoms with E-state index in [2.05, 4.69) is 9.80 Å². The van der Waals surface area contributed by atoms with Crippen molar-refractivity contribution in [2.45, 2.75) is 12.1 Å². The fraction of sp³-hybridized carbons (Fsp3) is 0.250. The Morgan fingerprint density at radius 3 is 1.21 bits per heavy atom. The highest BCUT2D eigenvalue weighted by molar-refractivity contribution is 6.30. The van der Waals surface area contributed by atoms with Crippen LogP contribution in [0.5, 0.6) is 34.5 Å². The third-order valence-electron chi connectivity index (χ3n) is 8.08. The topological polar surface area (TPSA) is 83.9 Å². The number of phenolic OH excluding ortho intramolecular Hbond substituents is 2. The maximum atomic E-state index is 11.1. The van der Waals surface area contributed by atoms with Gasteiger partial charge in [0, 0.05) is 59.5 Å². The molecule has 2 N–H and O–H groups in total. The molecule has 3 heterocycles. The molecule has 0 amide bonds. The van der Waals surface area contributed by atoms with Gasteiger partial charge in [-0.15, -0.1) is 0 Å². The van der Waals surface area contributed by atoms with Crippen molar-refractivity contribution in [3.63, 3.8) is 0 Å². The van der Waals surface area contributed by atoms with E-state index in [0.717, 1.165) is 22.3 Å². The Balaban J connectivity index is 1.22. The second-order valence-corrected chi connectivity index (χ2v) is 11.4. The predicted molar refractivity (Wildman–Crippen MR) is 158 cm³/mol. The molecule has 0 bridgehead atoms. The molecule has 7 rings (SSSR count). The van der Waals surface area contributed by atoms with Crippen LogP contribution in [0.15, 0.2) is 72.8 Å². The number of aromatic hydroxyl groups is 2. The number of hydrogen-bond donors (Lipinski definition) is 2. The van der Waals surface area contributed by atoms with Gasteiger partial charge in [0.25, 0.3) is 0 Å². The number of benzene rings is 4. The molecular formula is C32H28Cl2N2O6. The van der Waals surface area contributed by atoms with Gasteiger partial charge in [-0.1, -0.05) is 47.5 Å². The molecule has 2 unspecified atom stereocenters. The van der Waals surface area contributed by atoms with Gasteiger partial charge < -0.3 is 29.2 Å². The lowest BCUT2D eigenvalue weighted by Gasteiger charge is -2.43. The van der Waals surface area contributed by atoms with Crippen molar-refractivity contribution in [3.8, 4) is 34.5 Å². The average molecular weight is 607 g/mol. The lowest BCUT2D eigenvalue weighted by Crippen LogP contribution is -2.49. The van der Waals surface area contributed by atoms with E-state index >= 15 is 0 Å². The Labute approximate surface area is 253 Å². The summed E-state index contributed by atoms with van der Waals surface area (Å²) in [5.74, 6) is 2.58. The van der Waals surface area contributed by atoms with Crippen molar-refractivity contribution in [3.05, 3.63) is 105 Å². The highest BCUT2D eigenvalue weighted by atomic mass is 35.5. The van der Waals surface area contributed by atoms with Crippen LogP contribution in [0, 0.1) is 0 Å². The molecule has 2 atom stereocenters. The van der Waals surface area contributed by atoms with E-state index < -0.39 is 0 Å². The smallest absolute Gasteiger partial charge is 0.231 e. The fourth-order valence-electron chi connectivity index (χ4n) is 6.05. The van der Waals surface area contributed by atoms with Crippen LogP contribution in [0.3, 0.4) is 0 Å². The Bertz CT molecular complexity index is 1490. The van der Waals surface area contributed by atoms with Crippen molar-refractivity contribution in [2.24, 2.45) is 0 Å². The molecule has 1 fully saturated rings. The van der Waals surface area contributed by atoms with Gasteiger partial charge >= 0.3 is 0 Å². The Morgan fingerprint density at radius 1 is 0.524 bits per heavy atom. The summed E-state index contributed by atoms with van der Waals surface area (Å²) in [7, 11) is 0. The van der Waals surface area contributed by atoms with Crippen LogP contribution in [0.1, 0.15) is 34.3 Å². The molecule has 0 aromatic heterocycles. The summed E-state index contributed by atoms with van der Waals surface area (Å²) in [4.78, 5) is 4.69. The third-order valence-corrected chi connectivity index (χ3v) is 8.59. The van der Waals surface area contributed by atoms with E-state index in [1.54, 1.807) is 12.1 Å². The monoisotopic (exact) mass is 606 g/mol. The zero-order chi connectivity index (χ0) is 28.8. The van der Waals surface area contributed by atoms with Crippen LogP contribution in [-0.4, -0.2) is 59.8 Å². The number of fused-ring (bicyclic) bond motifs is 2. The lowest BCUT2D eigenvalue weighted by molar-refractivity contribution is 0.0883. The molecular weight excluding hydrogens is 579 g/mol. The summed E-state index contributed by atoms with van der Waals surface area (Å²) in [5.41, 5.74) is 3.48. The first kappa shape index (κ1) is 27.0. The van der Waals surface area contributed by atoms with E-state index in [1.807, 2.05) is 60.7 Å². The molecule has 10 heteroatoms. The van der Waals surface area contributed by atoms with Gasteiger partial charge in [-0.3, -0.25) is 9.80 Å². The Hall–Kier alpha value is -3.82. The predicted octanol–water partition coefficient (Wildman–Crippen LogP) is 6.36. The van der Waals surface area contributed by atoms with Crippen molar-refractivity contribution >= 4 is 23.2 Å². The molecule has 0 radical (unpaired) electrons. The number of halogens is 2. The van der Waals surface area contributed by atoms with Gasteiger partial charge in [0.15, 0.2) is 23.0 Å². The van der Waals surface area contributed by atoms with E-state index in [4.69, 9.17) is 42.1 Å². The molecule has 0 saturated carbocycles. The lowest BCUT2D eigenvalue weighted by atomic mass is 9.93. The molecule has 4 aromatic carbocycles. The summed E-state index contributed by atoms with van der Waals surface area (Å²) < 4.78 is 22.3. The van der Waals surface area contributed by atoms with Gasteiger partial charge in [0.2, 0.25) is 13.6 Å². The van der Waals surface area contributed by atoms with E-state index in [9.17, 15) is 10.2 Å². The minimum atomic E-state index is -0.244. The van der Waals surface area contributed by atoms with Crippen LogP contribution in [0.25, 0.3) is 0 Å². The summed E-state index contributed by atoms with van der Waals surface area (Å²) in [5, 5.41) is 23.5. The summed E-state index contributed by atoms with van der Waals surface area (Å²) in [6, 6.07) is 21.9. The first-order valence-corrected chi connectivity index (χ1v) is 14.4. The van der Waals surface area contributed by atoms with E-state index in [-0.39, 0.29) is 37.2 Å². The van der Waals surface area contributed by atoms with E-state index in [0.29, 0.717) is 59.2 Å². The van der Waals surface area contributed by atoms with Gasteiger partial charge in [-0.25, -0.2) is 0 Å². The maximum Gasteiger partial charge on any atom is 0.231 e. The van der Waals surface area contributed by atoms with Gasteiger partial charge in [0.1, 0.15) is 11.5 Å². The number of nitrogens with zero attached hydrogens (tertiary/aromatic N) is 2. The minimum Gasteiger partial charge on any atom is -0.507 e. The first-order chi connectivity index (χ1) is 20.4. The number of rotatable bonds is 6. The Kier molecular flexibility index (Phi) is 7.15. The van der Waals surface area contributed by atoms with Gasteiger partial charge in [-0.05, 0) is 47.5 Å². The largest absolute Gasteiger partial charge is 0.507 e. The third kappa shape index (κ3) is 5.05. The molecule has 3 aliphatic heterocycles. The fourth-order valence-corrected chi connectivity index (χ4v) is 6.30.